The monoisotopic (exact) mass is 398 g/mol. The Hall–Kier alpha value is -2.14. The largest absolute Gasteiger partial charge is 0.455 e. The van der Waals surface area contributed by atoms with E-state index in [9.17, 15) is 17.6 Å². The zero-order valence-corrected chi connectivity index (χ0v) is 15.0. The molecule has 3 aromatic rings. The van der Waals surface area contributed by atoms with Crippen molar-refractivity contribution < 1.29 is 22.3 Å². The number of nitrogens with zero attached hydrogens (tertiary/aromatic N) is 1. The SMILES string of the molecule is NS(=O)(=O)c1ccsc1C(=O)OCc1csc(-c2ccc(F)cc2)n1. The minimum atomic E-state index is -3.99. The van der Waals surface area contributed by atoms with Crippen LogP contribution in [-0.4, -0.2) is 19.4 Å². The third-order valence-electron chi connectivity index (χ3n) is 3.12. The van der Waals surface area contributed by atoms with E-state index in [1.54, 1.807) is 17.5 Å². The van der Waals surface area contributed by atoms with E-state index in [4.69, 9.17) is 9.88 Å². The zero-order valence-electron chi connectivity index (χ0n) is 12.5. The van der Waals surface area contributed by atoms with Crippen LogP contribution in [0.15, 0.2) is 46.0 Å². The van der Waals surface area contributed by atoms with Gasteiger partial charge in [-0.1, -0.05) is 0 Å². The minimum Gasteiger partial charge on any atom is -0.455 e. The Morgan fingerprint density at radius 3 is 2.60 bits per heavy atom. The third-order valence-corrected chi connectivity index (χ3v) is 6.03. The number of hydrogen-bond acceptors (Lipinski definition) is 7. The molecule has 0 bridgehead atoms. The molecular weight excluding hydrogens is 387 g/mol. The molecule has 1 aromatic carbocycles. The van der Waals surface area contributed by atoms with Gasteiger partial charge in [0.25, 0.3) is 0 Å². The lowest BCUT2D eigenvalue weighted by Gasteiger charge is -2.03. The highest BCUT2D eigenvalue weighted by Crippen LogP contribution is 2.25. The summed E-state index contributed by atoms with van der Waals surface area (Å²) in [6, 6.07) is 7.14. The van der Waals surface area contributed by atoms with Crippen LogP contribution in [0.2, 0.25) is 0 Å². The van der Waals surface area contributed by atoms with Gasteiger partial charge in [-0.25, -0.2) is 27.7 Å². The van der Waals surface area contributed by atoms with Gasteiger partial charge >= 0.3 is 5.97 Å². The van der Waals surface area contributed by atoms with Crippen LogP contribution < -0.4 is 5.14 Å². The lowest BCUT2D eigenvalue weighted by molar-refractivity contribution is 0.0470. The predicted molar refractivity (Wildman–Crippen MR) is 92.3 cm³/mol. The number of carbonyl (C=O) groups is 1. The second-order valence-electron chi connectivity index (χ2n) is 4.89. The number of nitrogens with two attached hydrogens (primary N) is 1. The highest BCUT2D eigenvalue weighted by Gasteiger charge is 2.22. The average Bonchev–Trinajstić information content (AvgIpc) is 3.22. The maximum atomic E-state index is 12.9. The summed E-state index contributed by atoms with van der Waals surface area (Å²) in [4.78, 5) is 16.0. The summed E-state index contributed by atoms with van der Waals surface area (Å²) >= 11 is 2.26. The van der Waals surface area contributed by atoms with Crippen LogP contribution in [-0.2, 0) is 21.4 Å². The number of aromatic nitrogens is 1. The normalized spacial score (nSPS) is 11.4. The van der Waals surface area contributed by atoms with Crippen LogP contribution in [0.5, 0.6) is 0 Å². The molecule has 0 fully saturated rings. The van der Waals surface area contributed by atoms with Gasteiger partial charge in [0.05, 0.1) is 5.69 Å². The number of thiazole rings is 1. The Kier molecular flexibility index (Phi) is 4.95. The zero-order chi connectivity index (χ0) is 18.0. The van der Waals surface area contributed by atoms with E-state index in [1.165, 1.54) is 34.9 Å². The highest BCUT2D eigenvalue weighted by atomic mass is 32.2. The summed E-state index contributed by atoms with van der Waals surface area (Å²) in [7, 11) is -3.99. The highest BCUT2D eigenvalue weighted by molar-refractivity contribution is 7.89. The second kappa shape index (κ2) is 7.00. The molecule has 0 amide bonds. The fraction of sp³-hybridized carbons (Fsp3) is 0.0667. The number of halogens is 1. The maximum absolute atomic E-state index is 12.9. The molecule has 0 aliphatic heterocycles. The van der Waals surface area contributed by atoms with Crippen LogP contribution >= 0.6 is 22.7 Å². The van der Waals surface area contributed by atoms with Gasteiger partial charge in [0.2, 0.25) is 10.0 Å². The van der Waals surface area contributed by atoms with Crippen LogP contribution in [0, 0.1) is 5.82 Å². The molecular formula is C15H11FN2O4S3. The summed E-state index contributed by atoms with van der Waals surface area (Å²) in [5.74, 6) is -1.12. The first-order chi connectivity index (χ1) is 11.8. The topological polar surface area (TPSA) is 99.4 Å². The average molecular weight is 398 g/mol. The standard InChI is InChI=1S/C15H11FN2O4S3/c16-10-3-1-9(2-4-10)14-18-11(8-24-14)7-22-15(19)13-12(5-6-23-13)25(17,20)21/h1-6,8H,7H2,(H2,17,20,21). The Bertz CT molecular complexity index is 1010. The minimum absolute atomic E-state index is 0.0727. The van der Waals surface area contributed by atoms with Crippen molar-refractivity contribution in [2.75, 3.05) is 0 Å². The van der Waals surface area contributed by atoms with E-state index < -0.39 is 16.0 Å². The molecule has 0 saturated carbocycles. The molecule has 2 aromatic heterocycles. The molecule has 10 heteroatoms. The fourth-order valence-electron chi connectivity index (χ4n) is 1.97. The van der Waals surface area contributed by atoms with E-state index in [2.05, 4.69) is 4.98 Å². The molecule has 0 saturated heterocycles. The van der Waals surface area contributed by atoms with Crippen molar-refractivity contribution in [2.24, 2.45) is 5.14 Å². The van der Waals surface area contributed by atoms with Crippen molar-refractivity contribution in [3.8, 4) is 10.6 Å². The summed E-state index contributed by atoms with van der Waals surface area (Å²) in [6.45, 7) is -0.113. The van der Waals surface area contributed by atoms with Crippen LogP contribution in [0.1, 0.15) is 15.4 Å². The summed E-state index contributed by atoms with van der Waals surface area (Å²) < 4.78 is 40.9. The predicted octanol–water partition coefficient (Wildman–Crippen LogP) is 3.02. The van der Waals surface area contributed by atoms with E-state index in [0.29, 0.717) is 10.7 Å². The number of esters is 1. The molecule has 6 nitrogen and oxygen atoms in total. The fourth-order valence-corrected chi connectivity index (χ4v) is 4.64. The smallest absolute Gasteiger partial charge is 0.350 e. The molecule has 25 heavy (non-hydrogen) atoms. The van der Waals surface area contributed by atoms with E-state index in [0.717, 1.165) is 16.9 Å². The van der Waals surface area contributed by atoms with Gasteiger partial charge < -0.3 is 4.74 Å². The molecule has 2 N–H and O–H groups in total. The van der Waals surface area contributed by atoms with Crippen molar-refractivity contribution >= 4 is 38.7 Å². The van der Waals surface area contributed by atoms with Gasteiger partial charge in [-0.2, -0.15) is 0 Å². The van der Waals surface area contributed by atoms with Crippen molar-refractivity contribution in [3.63, 3.8) is 0 Å². The number of ether oxygens (including phenoxy) is 1. The molecule has 0 aliphatic carbocycles. The van der Waals surface area contributed by atoms with Crippen molar-refractivity contribution in [3.05, 3.63) is 57.5 Å². The van der Waals surface area contributed by atoms with Crippen molar-refractivity contribution in [1.82, 2.24) is 4.98 Å². The first kappa shape index (κ1) is 17.7. The number of rotatable bonds is 5. The van der Waals surface area contributed by atoms with Crippen LogP contribution in [0.3, 0.4) is 0 Å². The van der Waals surface area contributed by atoms with Crippen molar-refractivity contribution in [1.29, 1.82) is 0 Å². The Morgan fingerprint density at radius 2 is 1.92 bits per heavy atom. The number of sulfonamides is 1. The number of benzene rings is 1. The molecule has 0 aliphatic rings. The number of thiophene rings is 1. The molecule has 0 radical (unpaired) electrons. The van der Waals surface area contributed by atoms with Gasteiger partial charge in [0.1, 0.15) is 27.2 Å². The molecule has 0 atom stereocenters. The van der Waals surface area contributed by atoms with E-state index in [-0.39, 0.29) is 22.2 Å². The third kappa shape index (κ3) is 4.10. The van der Waals surface area contributed by atoms with Gasteiger partial charge in [0, 0.05) is 10.9 Å². The first-order valence-electron chi connectivity index (χ1n) is 6.82. The lowest BCUT2D eigenvalue weighted by atomic mass is 10.2. The summed E-state index contributed by atoms with van der Waals surface area (Å²) in [5.41, 5.74) is 1.25. The molecule has 0 unspecified atom stereocenters. The molecule has 0 spiro atoms. The second-order valence-corrected chi connectivity index (χ2v) is 8.19. The number of carbonyl (C=O) groups excluding carboxylic acids is 1. The van der Waals surface area contributed by atoms with Gasteiger partial charge in [-0.05, 0) is 35.7 Å². The molecule has 2 heterocycles. The Balaban J connectivity index is 1.70. The van der Waals surface area contributed by atoms with E-state index >= 15 is 0 Å². The molecule has 130 valence electrons. The number of hydrogen-bond donors (Lipinski definition) is 1. The maximum Gasteiger partial charge on any atom is 0.350 e. The Labute approximate surface area is 150 Å². The van der Waals surface area contributed by atoms with E-state index in [1.807, 2.05) is 0 Å². The Morgan fingerprint density at radius 1 is 1.20 bits per heavy atom. The number of primary sulfonamides is 1. The summed E-state index contributed by atoms with van der Waals surface area (Å²) in [6.07, 6.45) is 0. The molecule has 3 rings (SSSR count). The first-order valence-corrected chi connectivity index (χ1v) is 10.1. The van der Waals surface area contributed by atoms with Crippen LogP contribution in [0.4, 0.5) is 4.39 Å². The quantitative estimate of drug-likeness (QED) is 0.666. The lowest BCUT2D eigenvalue weighted by Crippen LogP contribution is -2.15. The van der Waals surface area contributed by atoms with Crippen molar-refractivity contribution in [2.45, 2.75) is 11.5 Å². The van der Waals surface area contributed by atoms with Gasteiger partial charge in [-0.3, -0.25) is 0 Å². The van der Waals surface area contributed by atoms with Crippen LogP contribution in [0.25, 0.3) is 10.6 Å². The summed E-state index contributed by atoms with van der Waals surface area (Å²) in [5, 5.41) is 8.88. The van der Waals surface area contributed by atoms with Gasteiger partial charge in [0.15, 0.2) is 0 Å². The van der Waals surface area contributed by atoms with Gasteiger partial charge in [-0.15, -0.1) is 22.7 Å².